The van der Waals surface area contributed by atoms with Gasteiger partial charge in [-0.25, -0.2) is 8.42 Å². The van der Waals surface area contributed by atoms with Crippen LogP contribution in [0.25, 0.3) is 0 Å². The van der Waals surface area contributed by atoms with Crippen LogP contribution in [0.4, 0.5) is 0 Å². The van der Waals surface area contributed by atoms with Gasteiger partial charge >= 0.3 is 0 Å². The van der Waals surface area contributed by atoms with Crippen LogP contribution in [-0.2, 0) is 22.3 Å². The van der Waals surface area contributed by atoms with Crippen LogP contribution in [0.5, 0.6) is 0 Å². The first-order valence-corrected chi connectivity index (χ1v) is 9.15. The molecule has 0 amide bonds. The molecule has 0 radical (unpaired) electrons. The highest BCUT2D eigenvalue weighted by atomic mass is 35.5. The number of sulfonamides is 1. The maximum absolute atomic E-state index is 12.8. The third-order valence-electron chi connectivity index (χ3n) is 3.41. The number of benzene rings is 2. The second-order valence-electron chi connectivity index (χ2n) is 5.47. The van der Waals surface area contributed by atoms with Crippen molar-refractivity contribution in [3.8, 4) is 0 Å². The summed E-state index contributed by atoms with van der Waals surface area (Å²) in [4.78, 5) is 0. The van der Waals surface area contributed by atoms with Crippen molar-refractivity contribution >= 4 is 21.6 Å². The summed E-state index contributed by atoms with van der Waals surface area (Å²) in [6.45, 7) is 4.13. The quantitative estimate of drug-likeness (QED) is 0.796. The lowest BCUT2D eigenvalue weighted by Gasteiger charge is -2.26. The van der Waals surface area contributed by atoms with Gasteiger partial charge in [-0.15, -0.1) is 0 Å². The van der Waals surface area contributed by atoms with Crippen LogP contribution in [0.2, 0.25) is 5.02 Å². The SMILES string of the molecule is CC(C)N(Cc1ccccc1)S(=O)(=O)Cc1ccccc1Cl. The van der Waals surface area contributed by atoms with Gasteiger partial charge in [0, 0.05) is 17.6 Å². The van der Waals surface area contributed by atoms with E-state index in [1.165, 1.54) is 4.31 Å². The fourth-order valence-electron chi connectivity index (χ4n) is 2.26. The van der Waals surface area contributed by atoms with Gasteiger partial charge in [0.15, 0.2) is 0 Å². The molecule has 0 aromatic heterocycles. The van der Waals surface area contributed by atoms with E-state index in [9.17, 15) is 8.42 Å². The number of hydrogen-bond donors (Lipinski definition) is 0. The Morgan fingerprint density at radius 3 is 2.18 bits per heavy atom. The van der Waals surface area contributed by atoms with Crippen molar-refractivity contribution in [2.24, 2.45) is 0 Å². The van der Waals surface area contributed by atoms with Gasteiger partial charge in [0.2, 0.25) is 10.0 Å². The van der Waals surface area contributed by atoms with Gasteiger partial charge in [-0.3, -0.25) is 0 Å². The lowest BCUT2D eigenvalue weighted by molar-refractivity contribution is 0.347. The van der Waals surface area contributed by atoms with Crippen LogP contribution >= 0.6 is 11.6 Å². The Morgan fingerprint density at radius 2 is 1.59 bits per heavy atom. The molecule has 0 heterocycles. The van der Waals surface area contributed by atoms with Crippen molar-refractivity contribution in [3.05, 3.63) is 70.7 Å². The highest BCUT2D eigenvalue weighted by molar-refractivity contribution is 7.88. The predicted octanol–water partition coefficient (Wildman–Crippen LogP) is 4.08. The van der Waals surface area contributed by atoms with Crippen molar-refractivity contribution in [1.29, 1.82) is 0 Å². The Kier molecular flexibility index (Phi) is 5.62. The van der Waals surface area contributed by atoms with E-state index in [0.29, 0.717) is 17.1 Å². The van der Waals surface area contributed by atoms with Crippen LogP contribution in [-0.4, -0.2) is 18.8 Å². The summed E-state index contributed by atoms with van der Waals surface area (Å²) in [5, 5.41) is 0.481. The highest BCUT2D eigenvalue weighted by Gasteiger charge is 2.26. The number of halogens is 1. The number of nitrogens with zero attached hydrogens (tertiary/aromatic N) is 1. The molecule has 0 saturated carbocycles. The molecule has 0 aliphatic carbocycles. The van der Waals surface area contributed by atoms with Crippen molar-refractivity contribution in [3.63, 3.8) is 0 Å². The summed E-state index contributed by atoms with van der Waals surface area (Å²) >= 11 is 6.09. The Bertz CT molecular complexity index is 714. The number of hydrogen-bond acceptors (Lipinski definition) is 2. The second kappa shape index (κ2) is 7.27. The predicted molar refractivity (Wildman–Crippen MR) is 91.2 cm³/mol. The van der Waals surface area contributed by atoms with E-state index in [1.807, 2.05) is 44.2 Å². The van der Waals surface area contributed by atoms with Gasteiger partial charge in [-0.2, -0.15) is 4.31 Å². The average Bonchev–Trinajstić information content (AvgIpc) is 2.47. The second-order valence-corrected chi connectivity index (χ2v) is 7.80. The van der Waals surface area contributed by atoms with Gasteiger partial charge < -0.3 is 0 Å². The molecule has 0 aliphatic rings. The minimum Gasteiger partial charge on any atom is -0.212 e. The van der Waals surface area contributed by atoms with Crippen molar-refractivity contribution in [2.45, 2.75) is 32.2 Å². The molecule has 0 saturated heterocycles. The maximum atomic E-state index is 12.8. The summed E-state index contributed by atoms with van der Waals surface area (Å²) in [5.74, 6) is -0.0856. The first kappa shape index (κ1) is 17.0. The van der Waals surface area contributed by atoms with E-state index in [1.54, 1.807) is 24.3 Å². The molecule has 0 aliphatic heterocycles. The molecule has 0 unspecified atom stereocenters. The standard InChI is InChI=1S/C17H20ClNO2S/c1-14(2)19(12-15-8-4-3-5-9-15)22(20,21)13-16-10-6-7-11-17(16)18/h3-11,14H,12-13H2,1-2H3. The van der Waals surface area contributed by atoms with E-state index in [-0.39, 0.29) is 11.8 Å². The lowest BCUT2D eigenvalue weighted by atomic mass is 10.2. The lowest BCUT2D eigenvalue weighted by Crippen LogP contribution is -2.37. The smallest absolute Gasteiger partial charge is 0.212 e. The molecule has 0 N–H and O–H groups in total. The molecule has 2 aromatic carbocycles. The molecule has 2 rings (SSSR count). The van der Waals surface area contributed by atoms with Gasteiger partial charge in [0.05, 0.1) is 5.75 Å². The summed E-state index contributed by atoms with van der Waals surface area (Å²) in [7, 11) is -3.45. The zero-order valence-electron chi connectivity index (χ0n) is 12.7. The molecule has 0 bridgehead atoms. The van der Waals surface area contributed by atoms with Crippen LogP contribution in [0.15, 0.2) is 54.6 Å². The zero-order chi connectivity index (χ0) is 16.2. The average molecular weight is 338 g/mol. The molecular weight excluding hydrogens is 318 g/mol. The summed E-state index contributed by atoms with van der Waals surface area (Å²) in [6, 6.07) is 16.5. The molecule has 0 spiro atoms. The monoisotopic (exact) mass is 337 g/mol. The molecule has 3 nitrogen and oxygen atoms in total. The third kappa shape index (κ3) is 4.32. The van der Waals surface area contributed by atoms with Crippen LogP contribution in [0.3, 0.4) is 0 Å². The summed E-state index contributed by atoms with van der Waals surface area (Å²) in [6.07, 6.45) is 0. The Balaban J connectivity index is 2.25. The normalized spacial score (nSPS) is 12.0. The minimum absolute atomic E-state index is 0.0856. The largest absolute Gasteiger partial charge is 0.218 e. The van der Waals surface area contributed by atoms with Gasteiger partial charge in [-0.05, 0) is 31.0 Å². The van der Waals surface area contributed by atoms with Crippen LogP contribution < -0.4 is 0 Å². The fraction of sp³-hybridized carbons (Fsp3) is 0.294. The topological polar surface area (TPSA) is 37.4 Å². The molecule has 5 heteroatoms. The highest BCUT2D eigenvalue weighted by Crippen LogP contribution is 2.22. The molecular formula is C17H20ClNO2S. The van der Waals surface area contributed by atoms with Gasteiger partial charge in [0.25, 0.3) is 0 Å². The van der Waals surface area contributed by atoms with E-state index >= 15 is 0 Å². The number of rotatable bonds is 6. The molecule has 118 valence electrons. The Hall–Kier alpha value is -1.36. The third-order valence-corrected chi connectivity index (χ3v) is 5.72. The van der Waals surface area contributed by atoms with E-state index in [0.717, 1.165) is 5.56 Å². The minimum atomic E-state index is -3.45. The Morgan fingerprint density at radius 1 is 1.00 bits per heavy atom. The maximum Gasteiger partial charge on any atom is 0.218 e. The van der Waals surface area contributed by atoms with Gasteiger partial charge in [0.1, 0.15) is 0 Å². The molecule has 2 aromatic rings. The molecule has 22 heavy (non-hydrogen) atoms. The van der Waals surface area contributed by atoms with Crippen molar-refractivity contribution < 1.29 is 8.42 Å². The van der Waals surface area contributed by atoms with Crippen LogP contribution in [0.1, 0.15) is 25.0 Å². The zero-order valence-corrected chi connectivity index (χ0v) is 14.3. The fourth-order valence-corrected chi connectivity index (χ4v) is 4.34. The van der Waals surface area contributed by atoms with Crippen molar-refractivity contribution in [1.82, 2.24) is 4.31 Å². The van der Waals surface area contributed by atoms with E-state index in [4.69, 9.17) is 11.6 Å². The van der Waals surface area contributed by atoms with E-state index in [2.05, 4.69) is 0 Å². The molecule has 0 fully saturated rings. The first-order valence-electron chi connectivity index (χ1n) is 7.17. The van der Waals surface area contributed by atoms with Gasteiger partial charge in [-0.1, -0.05) is 60.1 Å². The van der Waals surface area contributed by atoms with Crippen LogP contribution in [0, 0.1) is 0 Å². The Labute approximate surface area is 137 Å². The first-order chi connectivity index (χ1) is 10.4. The summed E-state index contributed by atoms with van der Waals surface area (Å²) in [5.41, 5.74) is 1.60. The summed E-state index contributed by atoms with van der Waals surface area (Å²) < 4.78 is 27.1. The van der Waals surface area contributed by atoms with E-state index < -0.39 is 10.0 Å². The van der Waals surface area contributed by atoms with Crippen molar-refractivity contribution in [2.75, 3.05) is 0 Å². The molecule has 0 atom stereocenters.